The van der Waals surface area contributed by atoms with Crippen molar-refractivity contribution in [3.8, 4) is 0 Å². The maximum atomic E-state index is 12.7. The van der Waals surface area contributed by atoms with Crippen LogP contribution in [0.25, 0.3) is 10.9 Å². The molecule has 3 aromatic rings. The lowest BCUT2D eigenvalue weighted by atomic mass is 9.88. The second-order valence-electron chi connectivity index (χ2n) is 6.27. The molecule has 120 valence electrons. The molecule has 0 fully saturated rings. The van der Waals surface area contributed by atoms with Crippen molar-refractivity contribution in [1.82, 2.24) is 10.3 Å². The highest BCUT2D eigenvalue weighted by molar-refractivity contribution is 6.06. The van der Waals surface area contributed by atoms with Gasteiger partial charge in [-0.1, -0.05) is 42.5 Å². The van der Waals surface area contributed by atoms with Crippen molar-refractivity contribution in [2.45, 2.75) is 25.3 Å². The van der Waals surface area contributed by atoms with Gasteiger partial charge in [0.15, 0.2) is 0 Å². The molecule has 2 N–H and O–H groups in total. The van der Waals surface area contributed by atoms with Gasteiger partial charge in [-0.2, -0.15) is 0 Å². The number of hydrogen-bond donors (Lipinski definition) is 2. The van der Waals surface area contributed by atoms with Gasteiger partial charge in [-0.25, -0.2) is 0 Å². The summed E-state index contributed by atoms with van der Waals surface area (Å²) in [5.41, 5.74) is 3.53. The second kappa shape index (κ2) is 5.96. The summed E-state index contributed by atoms with van der Waals surface area (Å²) in [4.78, 5) is 27.3. The zero-order valence-electron chi connectivity index (χ0n) is 13.2. The van der Waals surface area contributed by atoms with Crippen molar-refractivity contribution < 1.29 is 4.79 Å². The Hall–Kier alpha value is -2.88. The summed E-state index contributed by atoms with van der Waals surface area (Å²) in [6.07, 6.45) is 2.73. The van der Waals surface area contributed by atoms with Crippen molar-refractivity contribution in [2.24, 2.45) is 0 Å². The zero-order valence-corrected chi connectivity index (χ0v) is 13.2. The van der Waals surface area contributed by atoms with Crippen molar-refractivity contribution >= 4 is 16.8 Å². The van der Waals surface area contributed by atoms with Crippen LogP contribution in [0, 0.1) is 0 Å². The fraction of sp³-hybridized carbons (Fsp3) is 0.200. The first-order chi connectivity index (χ1) is 11.7. The van der Waals surface area contributed by atoms with Gasteiger partial charge in [0, 0.05) is 23.0 Å². The van der Waals surface area contributed by atoms with Crippen LogP contribution < -0.4 is 10.9 Å². The Labute approximate surface area is 139 Å². The number of hydrogen-bond acceptors (Lipinski definition) is 2. The summed E-state index contributed by atoms with van der Waals surface area (Å²) in [6, 6.07) is 17.2. The monoisotopic (exact) mass is 318 g/mol. The number of para-hydroxylation sites is 1. The number of pyridine rings is 1. The molecule has 0 bridgehead atoms. The Kier molecular flexibility index (Phi) is 3.65. The Bertz CT molecular complexity index is 975. The fourth-order valence-corrected chi connectivity index (χ4v) is 3.48. The molecule has 0 saturated heterocycles. The SMILES string of the molecule is O=C(N[C@H]1CCc2ccccc2C1)c1cc(=O)[nH]c2ccccc12. The molecule has 0 spiro atoms. The fourth-order valence-electron chi connectivity index (χ4n) is 3.48. The number of aryl methyl sites for hydroxylation is 1. The van der Waals surface area contributed by atoms with Gasteiger partial charge >= 0.3 is 0 Å². The maximum Gasteiger partial charge on any atom is 0.252 e. The average Bonchev–Trinajstić information content (AvgIpc) is 2.60. The molecule has 1 aromatic heterocycles. The van der Waals surface area contributed by atoms with Crippen molar-refractivity contribution in [1.29, 1.82) is 0 Å². The molecule has 1 aliphatic carbocycles. The number of benzene rings is 2. The van der Waals surface area contributed by atoms with Gasteiger partial charge in [0.2, 0.25) is 5.56 Å². The number of aromatic amines is 1. The number of nitrogens with one attached hydrogen (secondary N) is 2. The average molecular weight is 318 g/mol. The van der Waals surface area contributed by atoms with E-state index in [-0.39, 0.29) is 17.5 Å². The van der Waals surface area contributed by atoms with E-state index in [1.165, 1.54) is 17.2 Å². The summed E-state index contributed by atoms with van der Waals surface area (Å²) >= 11 is 0. The molecule has 0 radical (unpaired) electrons. The number of amides is 1. The van der Waals surface area contributed by atoms with Gasteiger partial charge in [0.25, 0.3) is 5.91 Å². The minimum absolute atomic E-state index is 0.102. The van der Waals surface area contributed by atoms with E-state index in [2.05, 4.69) is 28.5 Å². The number of H-pyrrole nitrogens is 1. The smallest absolute Gasteiger partial charge is 0.252 e. The molecule has 4 heteroatoms. The van der Waals surface area contributed by atoms with Crippen molar-refractivity contribution in [3.63, 3.8) is 0 Å². The van der Waals surface area contributed by atoms with E-state index in [1.807, 2.05) is 30.3 Å². The lowest BCUT2D eigenvalue weighted by Gasteiger charge is -2.25. The Morgan fingerprint density at radius 3 is 2.67 bits per heavy atom. The van der Waals surface area contributed by atoms with E-state index in [1.54, 1.807) is 0 Å². The largest absolute Gasteiger partial charge is 0.349 e. The van der Waals surface area contributed by atoms with E-state index < -0.39 is 0 Å². The first-order valence-electron chi connectivity index (χ1n) is 8.20. The molecule has 1 aliphatic rings. The highest BCUT2D eigenvalue weighted by Crippen LogP contribution is 2.22. The molecule has 1 heterocycles. The molecule has 4 nitrogen and oxygen atoms in total. The van der Waals surface area contributed by atoms with Crippen LogP contribution in [0.3, 0.4) is 0 Å². The van der Waals surface area contributed by atoms with Gasteiger partial charge in [-0.3, -0.25) is 9.59 Å². The Morgan fingerprint density at radius 1 is 1.04 bits per heavy atom. The quantitative estimate of drug-likeness (QED) is 0.763. The lowest BCUT2D eigenvalue weighted by Crippen LogP contribution is -2.39. The van der Waals surface area contributed by atoms with Crippen LogP contribution in [0.4, 0.5) is 0 Å². The van der Waals surface area contributed by atoms with Crippen molar-refractivity contribution in [2.75, 3.05) is 0 Å². The Balaban J connectivity index is 1.61. The van der Waals surface area contributed by atoms with Crippen LogP contribution in [0.15, 0.2) is 59.4 Å². The molecule has 0 aliphatic heterocycles. The van der Waals surface area contributed by atoms with E-state index in [9.17, 15) is 9.59 Å². The Morgan fingerprint density at radius 2 is 1.79 bits per heavy atom. The normalized spacial score (nSPS) is 16.6. The minimum atomic E-state index is -0.257. The molecule has 1 amide bonds. The van der Waals surface area contributed by atoms with Crippen LogP contribution in [0.5, 0.6) is 0 Å². The number of aromatic nitrogens is 1. The first kappa shape index (κ1) is 14.7. The molecule has 1 atom stereocenters. The number of fused-ring (bicyclic) bond motifs is 2. The van der Waals surface area contributed by atoms with Crippen LogP contribution in [0.1, 0.15) is 27.9 Å². The number of carbonyl (C=O) groups excluding carboxylic acids is 1. The predicted octanol–water partition coefficient (Wildman–Crippen LogP) is 2.82. The first-order valence-corrected chi connectivity index (χ1v) is 8.20. The maximum absolute atomic E-state index is 12.7. The van der Waals surface area contributed by atoms with Gasteiger partial charge in [-0.05, 0) is 36.5 Å². The predicted molar refractivity (Wildman–Crippen MR) is 94.3 cm³/mol. The topological polar surface area (TPSA) is 62.0 Å². The van der Waals surface area contributed by atoms with Crippen LogP contribution in [0.2, 0.25) is 0 Å². The zero-order chi connectivity index (χ0) is 16.5. The summed E-state index contributed by atoms with van der Waals surface area (Å²) in [7, 11) is 0. The molecular formula is C20H18N2O2. The van der Waals surface area contributed by atoms with E-state index in [0.29, 0.717) is 11.1 Å². The molecule has 0 saturated carbocycles. The summed E-state index contributed by atoms with van der Waals surface area (Å²) in [5.74, 6) is -0.179. The third-order valence-electron chi connectivity index (χ3n) is 4.68. The van der Waals surface area contributed by atoms with E-state index in [4.69, 9.17) is 0 Å². The van der Waals surface area contributed by atoms with E-state index in [0.717, 1.165) is 24.6 Å². The van der Waals surface area contributed by atoms with Crippen LogP contribution >= 0.6 is 0 Å². The lowest BCUT2D eigenvalue weighted by molar-refractivity contribution is 0.0935. The summed E-state index contributed by atoms with van der Waals surface area (Å²) in [6.45, 7) is 0. The number of carbonyl (C=O) groups is 1. The van der Waals surface area contributed by atoms with Gasteiger partial charge in [0.05, 0.1) is 5.56 Å². The minimum Gasteiger partial charge on any atom is -0.349 e. The molecule has 24 heavy (non-hydrogen) atoms. The van der Waals surface area contributed by atoms with E-state index >= 15 is 0 Å². The molecule has 4 rings (SSSR count). The molecular weight excluding hydrogens is 300 g/mol. The summed E-state index contributed by atoms with van der Waals surface area (Å²) < 4.78 is 0. The third-order valence-corrected chi connectivity index (χ3v) is 4.68. The van der Waals surface area contributed by atoms with Gasteiger partial charge in [0.1, 0.15) is 0 Å². The van der Waals surface area contributed by atoms with Crippen LogP contribution in [-0.4, -0.2) is 16.9 Å². The third kappa shape index (κ3) is 2.71. The highest BCUT2D eigenvalue weighted by atomic mass is 16.2. The van der Waals surface area contributed by atoms with Crippen LogP contribution in [-0.2, 0) is 12.8 Å². The highest BCUT2D eigenvalue weighted by Gasteiger charge is 2.21. The van der Waals surface area contributed by atoms with Gasteiger partial charge < -0.3 is 10.3 Å². The number of rotatable bonds is 2. The molecule has 2 aromatic carbocycles. The summed E-state index contributed by atoms with van der Waals surface area (Å²) in [5, 5.41) is 3.87. The molecule has 0 unspecified atom stereocenters. The van der Waals surface area contributed by atoms with Crippen molar-refractivity contribution in [3.05, 3.63) is 81.6 Å². The standard InChI is InChI=1S/C20H18N2O2/c23-19-12-17(16-7-3-4-8-18(16)22-19)20(24)21-15-10-9-13-5-1-2-6-14(13)11-15/h1-8,12,15H,9-11H2,(H,21,24)(H,22,23)/t15-/m0/s1. The second-order valence-corrected chi connectivity index (χ2v) is 6.27. The van der Waals surface area contributed by atoms with Gasteiger partial charge in [-0.15, -0.1) is 0 Å².